The molecule has 1 aromatic carbocycles. The number of hydrogen-bond acceptors (Lipinski definition) is 4. The zero-order chi connectivity index (χ0) is 13.8. The summed E-state index contributed by atoms with van der Waals surface area (Å²) < 4.78 is 18.8. The van der Waals surface area contributed by atoms with Crippen LogP contribution in [0.1, 0.15) is 21.5 Å². The Labute approximate surface area is 114 Å². The summed E-state index contributed by atoms with van der Waals surface area (Å²) in [7, 11) is 0. The Morgan fingerprint density at radius 2 is 2.26 bits per heavy atom. The van der Waals surface area contributed by atoms with Gasteiger partial charge in [-0.2, -0.15) is 11.3 Å². The molecule has 0 bridgehead atoms. The molecule has 0 atom stereocenters. The molecule has 0 aliphatic heterocycles. The van der Waals surface area contributed by atoms with Crippen LogP contribution in [-0.4, -0.2) is 12.6 Å². The molecule has 2 rings (SSSR count). The normalized spacial score (nSPS) is 10.4. The molecule has 3 nitrogen and oxygen atoms in total. The molecular formula is C14H14FNO2S. The van der Waals surface area contributed by atoms with Gasteiger partial charge in [0.2, 0.25) is 0 Å². The Morgan fingerprint density at radius 3 is 2.95 bits per heavy atom. The lowest BCUT2D eigenvalue weighted by Crippen LogP contribution is -2.11. The van der Waals surface area contributed by atoms with Gasteiger partial charge in [0.1, 0.15) is 5.82 Å². The van der Waals surface area contributed by atoms with E-state index in [1.54, 1.807) is 18.3 Å². The number of hydrogen-bond donors (Lipinski definition) is 1. The van der Waals surface area contributed by atoms with E-state index < -0.39 is 11.8 Å². The van der Waals surface area contributed by atoms with Crippen LogP contribution < -0.4 is 5.73 Å². The van der Waals surface area contributed by atoms with Crippen LogP contribution in [-0.2, 0) is 11.2 Å². The third kappa shape index (κ3) is 3.32. The number of rotatable bonds is 4. The summed E-state index contributed by atoms with van der Waals surface area (Å²) in [6.07, 6.45) is 0.623. The molecule has 0 radical (unpaired) electrons. The Kier molecular flexibility index (Phi) is 4.16. The van der Waals surface area contributed by atoms with Gasteiger partial charge in [-0.05, 0) is 47.0 Å². The van der Waals surface area contributed by atoms with Gasteiger partial charge >= 0.3 is 5.97 Å². The molecule has 0 amide bonds. The van der Waals surface area contributed by atoms with Crippen LogP contribution in [0.5, 0.6) is 0 Å². The van der Waals surface area contributed by atoms with Crippen LogP contribution in [0.15, 0.2) is 29.0 Å². The first-order chi connectivity index (χ1) is 9.08. The second kappa shape index (κ2) is 5.84. The van der Waals surface area contributed by atoms with Crippen LogP contribution in [0, 0.1) is 12.7 Å². The number of aryl methyl sites for hydroxylation is 1. The van der Waals surface area contributed by atoms with E-state index in [9.17, 15) is 9.18 Å². The van der Waals surface area contributed by atoms with Crippen molar-refractivity contribution in [1.29, 1.82) is 0 Å². The van der Waals surface area contributed by atoms with Gasteiger partial charge in [0.05, 0.1) is 12.2 Å². The van der Waals surface area contributed by atoms with Crippen LogP contribution >= 0.6 is 11.3 Å². The monoisotopic (exact) mass is 279 g/mol. The minimum Gasteiger partial charge on any atom is -0.462 e. The van der Waals surface area contributed by atoms with E-state index in [1.807, 2.05) is 16.8 Å². The first kappa shape index (κ1) is 13.5. The molecule has 5 heteroatoms. The van der Waals surface area contributed by atoms with Crippen LogP contribution in [0.3, 0.4) is 0 Å². The number of thiophene rings is 1. The molecule has 0 fully saturated rings. The van der Waals surface area contributed by atoms with E-state index in [-0.39, 0.29) is 12.2 Å². The van der Waals surface area contributed by atoms with Crippen molar-refractivity contribution in [1.82, 2.24) is 0 Å². The Morgan fingerprint density at radius 1 is 1.47 bits per heavy atom. The lowest BCUT2D eigenvalue weighted by atomic mass is 10.1. The molecule has 0 saturated heterocycles. The Hall–Kier alpha value is -1.88. The van der Waals surface area contributed by atoms with Crippen molar-refractivity contribution in [2.75, 3.05) is 12.3 Å². The second-order valence-electron chi connectivity index (χ2n) is 4.22. The number of anilines is 1. The van der Waals surface area contributed by atoms with Crippen molar-refractivity contribution in [3.05, 3.63) is 51.5 Å². The van der Waals surface area contributed by atoms with Crippen molar-refractivity contribution >= 4 is 23.0 Å². The summed E-state index contributed by atoms with van der Waals surface area (Å²) in [6.45, 7) is 1.79. The molecule has 19 heavy (non-hydrogen) atoms. The summed E-state index contributed by atoms with van der Waals surface area (Å²) in [5.74, 6) is -1.25. The number of halogens is 1. The average molecular weight is 279 g/mol. The van der Waals surface area contributed by atoms with Crippen LogP contribution in [0.25, 0.3) is 0 Å². The zero-order valence-corrected chi connectivity index (χ0v) is 11.3. The lowest BCUT2D eigenvalue weighted by Gasteiger charge is -2.07. The number of esters is 1. The van der Waals surface area contributed by atoms with Gasteiger partial charge in [0.15, 0.2) is 0 Å². The van der Waals surface area contributed by atoms with Crippen molar-refractivity contribution in [2.45, 2.75) is 13.3 Å². The zero-order valence-electron chi connectivity index (χ0n) is 10.5. The SMILES string of the molecule is Cc1cc(N)cc(C(=O)OCCc2ccsc2)c1F. The molecule has 1 heterocycles. The number of carbonyl (C=O) groups is 1. The van der Waals surface area contributed by atoms with Gasteiger partial charge in [-0.15, -0.1) is 0 Å². The summed E-state index contributed by atoms with van der Waals surface area (Å²) in [4.78, 5) is 11.8. The van der Waals surface area contributed by atoms with Crippen molar-refractivity contribution in [2.24, 2.45) is 0 Å². The standard InChI is InChI=1S/C14H14FNO2S/c1-9-6-11(16)7-12(13(9)15)14(17)18-4-2-10-3-5-19-8-10/h3,5-8H,2,4,16H2,1H3. The fourth-order valence-electron chi connectivity index (χ4n) is 1.72. The highest BCUT2D eigenvalue weighted by atomic mass is 32.1. The Balaban J connectivity index is 2.00. The van der Waals surface area contributed by atoms with E-state index in [0.29, 0.717) is 17.7 Å². The molecule has 2 aromatic rings. The fraction of sp³-hybridized carbons (Fsp3) is 0.214. The number of carbonyl (C=O) groups excluding carboxylic acids is 1. The number of benzene rings is 1. The van der Waals surface area contributed by atoms with E-state index in [0.717, 1.165) is 5.56 Å². The smallest absolute Gasteiger partial charge is 0.341 e. The molecule has 100 valence electrons. The lowest BCUT2D eigenvalue weighted by molar-refractivity contribution is 0.0504. The minimum absolute atomic E-state index is 0.109. The van der Waals surface area contributed by atoms with Gasteiger partial charge < -0.3 is 10.5 Å². The largest absolute Gasteiger partial charge is 0.462 e. The first-order valence-electron chi connectivity index (χ1n) is 5.81. The van der Waals surface area contributed by atoms with E-state index in [1.165, 1.54) is 12.1 Å². The summed E-state index contributed by atoms with van der Waals surface area (Å²) in [5.41, 5.74) is 7.28. The van der Waals surface area contributed by atoms with Crippen LogP contribution in [0.2, 0.25) is 0 Å². The van der Waals surface area contributed by atoms with Gasteiger partial charge in [0, 0.05) is 12.1 Å². The maximum Gasteiger partial charge on any atom is 0.341 e. The predicted molar refractivity (Wildman–Crippen MR) is 73.9 cm³/mol. The van der Waals surface area contributed by atoms with Gasteiger partial charge in [0.25, 0.3) is 0 Å². The average Bonchev–Trinajstić information content (AvgIpc) is 2.86. The molecule has 1 aromatic heterocycles. The minimum atomic E-state index is -0.678. The van der Waals surface area contributed by atoms with E-state index in [2.05, 4.69) is 0 Å². The van der Waals surface area contributed by atoms with Crippen LogP contribution in [0.4, 0.5) is 10.1 Å². The highest BCUT2D eigenvalue weighted by Gasteiger charge is 2.16. The Bertz CT molecular complexity index is 581. The van der Waals surface area contributed by atoms with Crippen molar-refractivity contribution in [3.8, 4) is 0 Å². The van der Waals surface area contributed by atoms with Gasteiger partial charge in [-0.3, -0.25) is 0 Å². The number of nitrogen functional groups attached to an aromatic ring is 1. The first-order valence-corrected chi connectivity index (χ1v) is 6.76. The summed E-state index contributed by atoms with van der Waals surface area (Å²) in [6, 6.07) is 4.75. The number of ether oxygens (including phenoxy) is 1. The quantitative estimate of drug-likeness (QED) is 0.691. The second-order valence-corrected chi connectivity index (χ2v) is 5.00. The summed E-state index contributed by atoms with van der Waals surface area (Å²) >= 11 is 1.58. The molecule has 0 aliphatic carbocycles. The maximum atomic E-state index is 13.8. The highest BCUT2D eigenvalue weighted by Crippen LogP contribution is 2.18. The molecular weight excluding hydrogens is 265 g/mol. The topological polar surface area (TPSA) is 52.3 Å². The van der Waals surface area contributed by atoms with E-state index >= 15 is 0 Å². The third-order valence-corrected chi connectivity index (χ3v) is 3.43. The third-order valence-electron chi connectivity index (χ3n) is 2.70. The molecule has 0 spiro atoms. The summed E-state index contributed by atoms with van der Waals surface area (Å²) in [5, 5.41) is 3.94. The van der Waals surface area contributed by atoms with E-state index in [4.69, 9.17) is 10.5 Å². The van der Waals surface area contributed by atoms with Gasteiger partial charge in [-0.1, -0.05) is 0 Å². The fourth-order valence-corrected chi connectivity index (χ4v) is 2.42. The highest BCUT2D eigenvalue weighted by molar-refractivity contribution is 7.07. The maximum absolute atomic E-state index is 13.8. The molecule has 2 N–H and O–H groups in total. The molecule has 0 unspecified atom stereocenters. The predicted octanol–water partition coefficient (Wildman–Crippen LogP) is 3.18. The van der Waals surface area contributed by atoms with Crippen molar-refractivity contribution < 1.29 is 13.9 Å². The van der Waals surface area contributed by atoms with Crippen molar-refractivity contribution in [3.63, 3.8) is 0 Å². The molecule has 0 aliphatic rings. The van der Waals surface area contributed by atoms with Gasteiger partial charge in [-0.25, -0.2) is 9.18 Å². The molecule has 0 saturated carbocycles. The number of nitrogens with two attached hydrogens (primary N) is 1.